The largest absolute Gasteiger partial charge is 0.469 e. The Morgan fingerprint density at radius 2 is 1.94 bits per heavy atom. The van der Waals surface area contributed by atoms with Crippen LogP contribution in [0.15, 0.2) is 0 Å². The van der Waals surface area contributed by atoms with Crippen LogP contribution in [0, 0.1) is 0 Å². The average molecular weight is 232 g/mol. The van der Waals surface area contributed by atoms with Crippen molar-refractivity contribution in [1.29, 1.82) is 0 Å². The number of nitrogens with one attached hydrogen (secondary N) is 1. The molecular formula is C10H20N2O4. The van der Waals surface area contributed by atoms with E-state index in [1.807, 2.05) is 0 Å². The van der Waals surface area contributed by atoms with Crippen LogP contribution in [-0.2, 0) is 14.3 Å². The van der Waals surface area contributed by atoms with Crippen molar-refractivity contribution in [2.24, 2.45) is 5.73 Å². The minimum Gasteiger partial charge on any atom is -0.469 e. The minimum atomic E-state index is -0.591. The first-order valence-electron chi connectivity index (χ1n) is 5.05. The van der Waals surface area contributed by atoms with Gasteiger partial charge in [0.25, 0.3) is 0 Å². The van der Waals surface area contributed by atoms with E-state index < -0.39 is 23.7 Å². The minimum absolute atomic E-state index is 0.0340. The Kier molecular flexibility index (Phi) is 5.81. The summed E-state index contributed by atoms with van der Waals surface area (Å²) in [4.78, 5) is 22.3. The molecule has 1 amide bonds. The number of hydrogen-bond donors (Lipinski definition) is 2. The van der Waals surface area contributed by atoms with Gasteiger partial charge in [0.05, 0.1) is 19.6 Å². The maximum Gasteiger partial charge on any atom is 0.407 e. The third-order valence-corrected chi connectivity index (χ3v) is 1.65. The van der Waals surface area contributed by atoms with E-state index in [0.717, 1.165) is 0 Å². The zero-order chi connectivity index (χ0) is 12.8. The molecule has 0 unspecified atom stereocenters. The van der Waals surface area contributed by atoms with Gasteiger partial charge >= 0.3 is 12.1 Å². The van der Waals surface area contributed by atoms with E-state index in [0.29, 0.717) is 0 Å². The molecule has 0 spiro atoms. The van der Waals surface area contributed by atoms with Gasteiger partial charge in [-0.15, -0.1) is 0 Å². The van der Waals surface area contributed by atoms with E-state index in [2.05, 4.69) is 10.1 Å². The summed E-state index contributed by atoms with van der Waals surface area (Å²) in [5.74, 6) is -0.425. The van der Waals surface area contributed by atoms with Crippen molar-refractivity contribution in [2.75, 3.05) is 13.7 Å². The number of alkyl carbamates (subject to hydrolysis) is 1. The fourth-order valence-electron chi connectivity index (χ4n) is 0.952. The third-order valence-electron chi connectivity index (χ3n) is 1.65. The lowest BCUT2D eigenvalue weighted by molar-refractivity contribution is -0.141. The SMILES string of the molecule is COC(=O)C[C@H](CN)NC(=O)OC(C)(C)C. The summed E-state index contributed by atoms with van der Waals surface area (Å²) >= 11 is 0. The van der Waals surface area contributed by atoms with E-state index in [1.165, 1.54) is 7.11 Å². The smallest absolute Gasteiger partial charge is 0.407 e. The number of hydrogen-bond acceptors (Lipinski definition) is 5. The van der Waals surface area contributed by atoms with Crippen molar-refractivity contribution in [2.45, 2.75) is 38.8 Å². The molecule has 0 heterocycles. The second-order valence-corrected chi connectivity index (χ2v) is 4.36. The van der Waals surface area contributed by atoms with E-state index in [9.17, 15) is 9.59 Å². The second-order valence-electron chi connectivity index (χ2n) is 4.36. The van der Waals surface area contributed by atoms with Crippen LogP contribution >= 0.6 is 0 Å². The maximum atomic E-state index is 11.4. The number of rotatable bonds is 4. The first kappa shape index (κ1) is 14.7. The van der Waals surface area contributed by atoms with Gasteiger partial charge in [0.15, 0.2) is 0 Å². The van der Waals surface area contributed by atoms with Crippen LogP contribution in [0.1, 0.15) is 27.2 Å². The number of nitrogens with two attached hydrogens (primary N) is 1. The lowest BCUT2D eigenvalue weighted by Crippen LogP contribution is -2.44. The van der Waals surface area contributed by atoms with Crippen LogP contribution in [0.25, 0.3) is 0 Å². The van der Waals surface area contributed by atoms with Crippen LogP contribution in [0.2, 0.25) is 0 Å². The van der Waals surface area contributed by atoms with Crippen molar-refractivity contribution < 1.29 is 19.1 Å². The zero-order valence-corrected chi connectivity index (χ0v) is 10.2. The summed E-state index contributed by atoms with van der Waals surface area (Å²) < 4.78 is 9.51. The van der Waals surface area contributed by atoms with E-state index in [1.54, 1.807) is 20.8 Å². The molecule has 16 heavy (non-hydrogen) atoms. The first-order valence-corrected chi connectivity index (χ1v) is 5.05. The second kappa shape index (κ2) is 6.32. The number of carbonyl (C=O) groups is 2. The highest BCUT2D eigenvalue weighted by atomic mass is 16.6. The molecular weight excluding hydrogens is 212 g/mol. The molecule has 6 heteroatoms. The Morgan fingerprint density at radius 3 is 2.31 bits per heavy atom. The van der Waals surface area contributed by atoms with Crippen molar-refractivity contribution in [3.8, 4) is 0 Å². The third kappa shape index (κ3) is 7.05. The molecule has 94 valence electrons. The van der Waals surface area contributed by atoms with Gasteiger partial charge in [-0.2, -0.15) is 0 Å². The van der Waals surface area contributed by atoms with Crippen molar-refractivity contribution in [3.05, 3.63) is 0 Å². The molecule has 0 bridgehead atoms. The summed E-state index contributed by atoms with van der Waals surface area (Å²) in [6.07, 6.45) is -0.557. The molecule has 6 nitrogen and oxygen atoms in total. The lowest BCUT2D eigenvalue weighted by Gasteiger charge is -2.22. The molecule has 0 aromatic heterocycles. The van der Waals surface area contributed by atoms with Crippen molar-refractivity contribution in [1.82, 2.24) is 5.32 Å². The highest BCUT2D eigenvalue weighted by Crippen LogP contribution is 2.07. The first-order chi connectivity index (χ1) is 7.28. The van der Waals surface area contributed by atoms with Gasteiger partial charge in [0.2, 0.25) is 0 Å². The van der Waals surface area contributed by atoms with Crippen molar-refractivity contribution in [3.63, 3.8) is 0 Å². The van der Waals surface area contributed by atoms with Gasteiger partial charge in [-0.3, -0.25) is 4.79 Å². The average Bonchev–Trinajstić information content (AvgIpc) is 2.13. The number of amides is 1. The Labute approximate surface area is 95.5 Å². The standard InChI is InChI=1S/C10H20N2O4/c1-10(2,3)16-9(14)12-7(6-11)5-8(13)15-4/h7H,5-6,11H2,1-4H3,(H,12,14)/t7-/m1/s1. The molecule has 0 rings (SSSR count). The maximum absolute atomic E-state index is 11.4. The summed E-state index contributed by atoms with van der Waals surface area (Å²) in [6, 6.07) is -0.470. The molecule has 0 aromatic rings. The van der Waals surface area contributed by atoms with Gasteiger partial charge in [-0.05, 0) is 20.8 Å². The van der Waals surface area contributed by atoms with Crippen molar-refractivity contribution >= 4 is 12.1 Å². The quantitative estimate of drug-likeness (QED) is 0.685. The Morgan fingerprint density at radius 1 is 1.38 bits per heavy atom. The number of ether oxygens (including phenoxy) is 2. The molecule has 0 saturated heterocycles. The van der Waals surface area contributed by atoms with E-state index in [-0.39, 0.29) is 13.0 Å². The predicted molar refractivity (Wildman–Crippen MR) is 58.8 cm³/mol. The Hall–Kier alpha value is -1.30. The highest BCUT2D eigenvalue weighted by molar-refractivity contribution is 5.72. The number of carbonyl (C=O) groups excluding carboxylic acids is 2. The predicted octanol–water partition coefficient (Wildman–Crippen LogP) is 0.401. The van der Waals surface area contributed by atoms with E-state index in [4.69, 9.17) is 10.5 Å². The van der Waals surface area contributed by atoms with Gasteiger partial charge in [0, 0.05) is 6.54 Å². The molecule has 0 fully saturated rings. The lowest BCUT2D eigenvalue weighted by atomic mass is 10.2. The molecule has 0 radical (unpaired) electrons. The monoisotopic (exact) mass is 232 g/mol. The molecule has 0 aliphatic heterocycles. The van der Waals surface area contributed by atoms with Gasteiger partial charge < -0.3 is 20.5 Å². The summed E-state index contributed by atoms with van der Waals surface area (Å²) in [5.41, 5.74) is 4.83. The summed E-state index contributed by atoms with van der Waals surface area (Å²) in [5, 5.41) is 2.50. The molecule has 0 aliphatic rings. The molecule has 0 aliphatic carbocycles. The van der Waals surface area contributed by atoms with Crippen LogP contribution in [0.4, 0.5) is 4.79 Å². The molecule has 1 atom stereocenters. The molecule has 0 saturated carbocycles. The Bertz CT molecular complexity index is 248. The summed E-state index contributed by atoms with van der Waals surface area (Å²) in [6.45, 7) is 5.41. The van der Waals surface area contributed by atoms with Crippen LogP contribution in [0.5, 0.6) is 0 Å². The number of methoxy groups -OCH3 is 1. The molecule has 3 N–H and O–H groups in total. The fraction of sp³-hybridized carbons (Fsp3) is 0.800. The van der Waals surface area contributed by atoms with Crippen LogP contribution in [0.3, 0.4) is 0 Å². The fourth-order valence-corrected chi connectivity index (χ4v) is 0.952. The normalized spacial score (nSPS) is 12.8. The van der Waals surface area contributed by atoms with Gasteiger partial charge in [-0.1, -0.05) is 0 Å². The summed E-state index contributed by atoms with van der Waals surface area (Å²) in [7, 11) is 1.28. The highest BCUT2D eigenvalue weighted by Gasteiger charge is 2.20. The van der Waals surface area contributed by atoms with E-state index >= 15 is 0 Å². The number of esters is 1. The molecule has 0 aromatic carbocycles. The topological polar surface area (TPSA) is 90.6 Å². The van der Waals surface area contributed by atoms with Crippen LogP contribution < -0.4 is 11.1 Å². The van der Waals surface area contributed by atoms with Gasteiger partial charge in [0.1, 0.15) is 5.60 Å². The zero-order valence-electron chi connectivity index (χ0n) is 10.2. The Balaban J connectivity index is 4.12. The van der Waals surface area contributed by atoms with Gasteiger partial charge in [-0.25, -0.2) is 4.79 Å². The van der Waals surface area contributed by atoms with Crippen LogP contribution in [-0.4, -0.2) is 37.4 Å².